The second kappa shape index (κ2) is 8.54. The Kier molecular flexibility index (Phi) is 6.40. The normalized spacial score (nSPS) is 10.5. The number of aromatic amines is 1. The van der Waals surface area contributed by atoms with Crippen LogP contribution in [0.25, 0.3) is 0 Å². The Morgan fingerprint density at radius 1 is 1.30 bits per heavy atom. The zero-order chi connectivity index (χ0) is 20.1. The van der Waals surface area contributed by atoms with Crippen LogP contribution in [0.4, 0.5) is 5.82 Å². The number of rotatable bonds is 7. The summed E-state index contributed by atoms with van der Waals surface area (Å²) in [6, 6.07) is 4.33. The molecule has 1 heterocycles. The van der Waals surface area contributed by atoms with Gasteiger partial charge in [-0.25, -0.2) is 9.59 Å². The molecule has 0 aliphatic heterocycles. The molecule has 0 unspecified atom stereocenters. The third-order valence-electron chi connectivity index (χ3n) is 3.68. The number of nitrogen functional groups attached to an aromatic ring is 1. The Morgan fingerprint density at radius 3 is 2.63 bits per heavy atom. The van der Waals surface area contributed by atoms with Crippen molar-refractivity contribution in [2.75, 3.05) is 19.5 Å². The topological polar surface area (TPSA) is 133 Å². The summed E-state index contributed by atoms with van der Waals surface area (Å²) in [5, 5.41) is 0.279. The molecule has 9 nitrogen and oxygen atoms in total. The molecule has 1 aromatic carbocycles. The van der Waals surface area contributed by atoms with E-state index in [0.29, 0.717) is 6.42 Å². The molecule has 0 fully saturated rings. The van der Waals surface area contributed by atoms with Gasteiger partial charge in [-0.1, -0.05) is 18.5 Å². The van der Waals surface area contributed by atoms with Gasteiger partial charge in [-0.15, -0.1) is 0 Å². The molecular weight excluding hydrogens is 378 g/mol. The third kappa shape index (κ3) is 4.37. The van der Waals surface area contributed by atoms with E-state index >= 15 is 0 Å². The molecule has 0 spiro atoms. The average Bonchev–Trinajstić information content (AvgIpc) is 2.62. The van der Waals surface area contributed by atoms with Crippen LogP contribution in [0.3, 0.4) is 0 Å². The summed E-state index contributed by atoms with van der Waals surface area (Å²) in [4.78, 5) is 50.4. The summed E-state index contributed by atoms with van der Waals surface area (Å²) in [7, 11) is 1.36. The Morgan fingerprint density at radius 2 is 2.00 bits per heavy atom. The fourth-order valence-electron chi connectivity index (χ4n) is 2.42. The van der Waals surface area contributed by atoms with Crippen LogP contribution in [0.2, 0.25) is 5.02 Å². The highest BCUT2D eigenvalue weighted by atomic mass is 35.5. The van der Waals surface area contributed by atoms with E-state index in [-0.39, 0.29) is 28.7 Å². The third-order valence-corrected chi connectivity index (χ3v) is 3.92. The van der Waals surface area contributed by atoms with Gasteiger partial charge in [0.2, 0.25) is 5.78 Å². The zero-order valence-electron chi connectivity index (χ0n) is 14.7. The predicted octanol–water partition coefficient (Wildman–Crippen LogP) is 1.23. The highest BCUT2D eigenvalue weighted by molar-refractivity contribution is 6.31. The lowest BCUT2D eigenvalue weighted by Crippen LogP contribution is -2.37. The van der Waals surface area contributed by atoms with Crippen molar-refractivity contribution >= 4 is 29.2 Å². The number of aromatic nitrogens is 2. The van der Waals surface area contributed by atoms with E-state index < -0.39 is 35.2 Å². The number of nitrogens with two attached hydrogens (primary N) is 1. The van der Waals surface area contributed by atoms with Gasteiger partial charge in [0.1, 0.15) is 22.7 Å². The van der Waals surface area contributed by atoms with Crippen LogP contribution in [-0.4, -0.2) is 35.0 Å². The zero-order valence-corrected chi connectivity index (χ0v) is 15.5. The van der Waals surface area contributed by atoms with Gasteiger partial charge in [-0.05, 0) is 24.6 Å². The number of halogens is 1. The Hall–Kier alpha value is -3.07. The summed E-state index contributed by atoms with van der Waals surface area (Å²) in [6.45, 7) is 1.28. The smallest absolute Gasteiger partial charge is 0.342 e. The number of ether oxygens (including phenoxy) is 2. The summed E-state index contributed by atoms with van der Waals surface area (Å²) in [6.07, 6.45) is 0.563. The summed E-state index contributed by atoms with van der Waals surface area (Å²) >= 11 is 5.86. The SMILES string of the molecule is CCCn1c(N)c(C(=O)COC(=O)c2cc(Cl)ccc2OC)c(=O)[nH]c1=O. The largest absolute Gasteiger partial charge is 0.496 e. The first-order valence-corrected chi connectivity index (χ1v) is 8.34. The molecule has 0 aliphatic rings. The first kappa shape index (κ1) is 20.2. The number of methoxy groups -OCH3 is 1. The number of nitrogens with one attached hydrogen (secondary N) is 1. The maximum atomic E-state index is 12.4. The molecule has 0 aliphatic carbocycles. The highest BCUT2D eigenvalue weighted by Gasteiger charge is 2.22. The number of carbonyl (C=O) groups excluding carboxylic acids is 2. The fraction of sp³-hybridized carbons (Fsp3) is 0.294. The molecule has 3 N–H and O–H groups in total. The molecule has 10 heteroatoms. The maximum absolute atomic E-state index is 12.4. The van der Waals surface area contributed by atoms with Crippen molar-refractivity contribution in [3.8, 4) is 5.75 Å². The minimum atomic E-state index is -0.939. The van der Waals surface area contributed by atoms with Gasteiger partial charge in [-0.3, -0.25) is 19.1 Å². The predicted molar refractivity (Wildman–Crippen MR) is 98.6 cm³/mol. The summed E-state index contributed by atoms with van der Waals surface area (Å²) in [5.74, 6) is -1.76. The van der Waals surface area contributed by atoms with Gasteiger partial charge < -0.3 is 15.2 Å². The Balaban J connectivity index is 2.25. The van der Waals surface area contributed by atoms with Crippen molar-refractivity contribution in [2.24, 2.45) is 0 Å². The van der Waals surface area contributed by atoms with Gasteiger partial charge in [0, 0.05) is 11.6 Å². The van der Waals surface area contributed by atoms with Gasteiger partial charge >= 0.3 is 11.7 Å². The molecule has 0 bridgehead atoms. The van der Waals surface area contributed by atoms with E-state index in [2.05, 4.69) is 0 Å². The Labute approximate surface area is 158 Å². The van der Waals surface area contributed by atoms with Crippen LogP contribution in [-0.2, 0) is 11.3 Å². The second-order valence-electron chi connectivity index (χ2n) is 5.52. The number of Topliss-reactive ketones (excluding diaryl/α,β-unsaturated/α-hetero) is 1. The fourth-order valence-corrected chi connectivity index (χ4v) is 2.60. The lowest BCUT2D eigenvalue weighted by atomic mass is 10.2. The second-order valence-corrected chi connectivity index (χ2v) is 5.95. The number of carbonyl (C=O) groups is 2. The van der Waals surface area contributed by atoms with E-state index in [1.54, 1.807) is 6.92 Å². The first-order valence-electron chi connectivity index (χ1n) is 7.96. The lowest BCUT2D eigenvalue weighted by Gasteiger charge is -2.12. The molecule has 0 radical (unpaired) electrons. The van der Waals surface area contributed by atoms with E-state index in [0.717, 1.165) is 4.57 Å². The van der Waals surface area contributed by atoms with Crippen LogP contribution < -0.4 is 21.7 Å². The maximum Gasteiger partial charge on any atom is 0.342 e. The minimum absolute atomic E-state index is 0.0237. The Bertz CT molecular complexity index is 995. The molecule has 144 valence electrons. The summed E-state index contributed by atoms with van der Waals surface area (Å²) in [5.41, 5.74) is 3.74. The average molecular weight is 396 g/mol. The highest BCUT2D eigenvalue weighted by Crippen LogP contribution is 2.23. The van der Waals surface area contributed by atoms with Crippen molar-refractivity contribution in [1.82, 2.24) is 9.55 Å². The molecule has 0 amide bonds. The van der Waals surface area contributed by atoms with Crippen LogP contribution >= 0.6 is 11.6 Å². The van der Waals surface area contributed by atoms with Gasteiger partial charge in [-0.2, -0.15) is 0 Å². The van der Waals surface area contributed by atoms with Crippen molar-refractivity contribution in [1.29, 1.82) is 0 Å². The van der Waals surface area contributed by atoms with Crippen LogP contribution in [0.15, 0.2) is 27.8 Å². The van der Waals surface area contributed by atoms with Gasteiger partial charge in [0.25, 0.3) is 5.56 Å². The molecule has 1 aromatic heterocycles. The van der Waals surface area contributed by atoms with Crippen molar-refractivity contribution in [3.05, 3.63) is 55.2 Å². The summed E-state index contributed by atoms with van der Waals surface area (Å²) < 4.78 is 11.1. The van der Waals surface area contributed by atoms with Crippen LogP contribution in [0, 0.1) is 0 Å². The van der Waals surface area contributed by atoms with E-state index in [9.17, 15) is 19.2 Å². The number of H-pyrrole nitrogens is 1. The van der Waals surface area contributed by atoms with E-state index in [1.807, 2.05) is 4.98 Å². The quantitative estimate of drug-likeness (QED) is 0.532. The number of benzene rings is 1. The molecule has 0 atom stereocenters. The van der Waals surface area contributed by atoms with Gasteiger partial charge in [0.15, 0.2) is 6.61 Å². The number of nitrogens with zero attached hydrogens (tertiary/aromatic N) is 1. The van der Waals surface area contributed by atoms with Crippen molar-refractivity contribution in [2.45, 2.75) is 19.9 Å². The minimum Gasteiger partial charge on any atom is -0.496 e. The lowest BCUT2D eigenvalue weighted by molar-refractivity contribution is 0.0471. The van der Waals surface area contributed by atoms with Crippen LogP contribution in [0.5, 0.6) is 5.75 Å². The molecular formula is C17H18ClN3O6. The molecule has 0 saturated heterocycles. The van der Waals surface area contributed by atoms with E-state index in [1.165, 1.54) is 25.3 Å². The molecule has 2 aromatic rings. The standard InChI is InChI=1S/C17H18ClN3O6/c1-3-6-21-14(19)13(15(23)20-17(21)25)11(22)8-27-16(24)10-7-9(18)4-5-12(10)26-2/h4-5,7H,3,6,8,19H2,1-2H3,(H,20,23,25). The van der Waals surface area contributed by atoms with Crippen molar-refractivity contribution in [3.63, 3.8) is 0 Å². The first-order chi connectivity index (χ1) is 12.8. The number of hydrogen-bond acceptors (Lipinski definition) is 7. The number of anilines is 1. The number of esters is 1. The number of hydrogen-bond donors (Lipinski definition) is 2. The van der Waals surface area contributed by atoms with Crippen LogP contribution in [0.1, 0.15) is 34.1 Å². The monoisotopic (exact) mass is 395 g/mol. The molecule has 27 heavy (non-hydrogen) atoms. The van der Waals surface area contributed by atoms with Crippen molar-refractivity contribution < 1.29 is 19.1 Å². The molecule has 0 saturated carbocycles. The van der Waals surface area contributed by atoms with Gasteiger partial charge in [0.05, 0.1) is 7.11 Å². The molecule has 2 rings (SSSR count). The van der Waals surface area contributed by atoms with E-state index in [4.69, 9.17) is 26.8 Å². The number of ketones is 1.